The number of carbonyl (C=O) groups is 2. The third-order valence-electron chi connectivity index (χ3n) is 3.91. The lowest BCUT2D eigenvalue weighted by Gasteiger charge is -2.18. The lowest BCUT2D eigenvalue weighted by molar-refractivity contribution is -0.116. The van der Waals surface area contributed by atoms with Crippen LogP contribution in [0.1, 0.15) is 34.5 Å². The third kappa shape index (κ3) is 4.45. The molecule has 0 atom stereocenters. The lowest BCUT2D eigenvalue weighted by atomic mass is 9.99. The molecule has 1 aliphatic heterocycles. The van der Waals surface area contributed by atoms with Gasteiger partial charge in [0.05, 0.1) is 11.8 Å². The van der Waals surface area contributed by atoms with Crippen LogP contribution in [-0.2, 0) is 22.6 Å². The molecular weight excluding hydrogens is 327 g/mol. The molecule has 1 aliphatic rings. The molecule has 2 N–H and O–H groups in total. The molecule has 6 nitrogen and oxygen atoms in total. The Labute approximate surface area is 144 Å². The molecule has 2 amide bonds. The predicted molar refractivity (Wildman–Crippen MR) is 88.7 cm³/mol. The Hall–Kier alpha value is -2.67. The van der Waals surface area contributed by atoms with Crippen molar-refractivity contribution in [1.29, 1.82) is 0 Å². The van der Waals surface area contributed by atoms with Gasteiger partial charge in [-0.05, 0) is 42.7 Å². The van der Waals surface area contributed by atoms with E-state index in [1.807, 2.05) is 6.07 Å². The lowest BCUT2D eigenvalue weighted by Crippen LogP contribution is -2.27. The molecule has 7 heteroatoms. The molecule has 0 saturated carbocycles. The number of nitrogens with one attached hydrogen (secondary N) is 2. The Morgan fingerprint density at radius 1 is 1.36 bits per heavy atom. The summed E-state index contributed by atoms with van der Waals surface area (Å²) in [5, 5.41) is 5.29. The highest BCUT2D eigenvalue weighted by atomic mass is 19.1. The summed E-state index contributed by atoms with van der Waals surface area (Å²) in [6.45, 7) is 1.22. The van der Waals surface area contributed by atoms with E-state index in [1.54, 1.807) is 12.3 Å². The summed E-state index contributed by atoms with van der Waals surface area (Å²) in [4.78, 5) is 23.5. The molecule has 0 unspecified atom stereocenters. The van der Waals surface area contributed by atoms with Crippen molar-refractivity contribution in [2.45, 2.75) is 25.9 Å². The van der Waals surface area contributed by atoms with E-state index in [1.165, 1.54) is 12.1 Å². The smallest absolute Gasteiger partial charge is 0.254 e. The molecule has 0 bridgehead atoms. The van der Waals surface area contributed by atoms with Crippen LogP contribution in [-0.4, -0.2) is 25.0 Å². The van der Waals surface area contributed by atoms with Crippen molar-refractivity contribution in [1.82, 2.24) is 5.32 Å². The minimum absolute atomic E-state index is 0.00796. The standard InChI is InChI=1S/C18H19FN2O4/c19-15-10-16-12(4-5-17(22)21-16)9-14(15)18(23)20-6-2-7-24-11-13-3-1-8-25-13/h1,3,8-10H,2,4-7,11H2,(H,20,23)(H,21,22). The van der Waals surface area contributed by atoms with Gasteiger partial charge in [-0.15, -0.1) is 0 Å². The average molecular weight is 346 g/mol. The highest BCUT2D eigenvalue weighted by Crippen LogP contribution is 2.25. The predicted octanol–water partition coefficient (Wildman–Crippen LogP) is 2.64. The normalized spacial score (nSPS) is 13.2. The van der Waals surface area contributed by atoms with Crippen LogP contribution in [0.15, 0.2) is 34.9 Å². The largest absolute Gasteiger partial charge is 0.467 e. The fraction of sp³-hybridized carbons (Fsp3) is 0.333. The van der Waals surface area contributed by atoms with Crippen LogP contribution in [0.2, 0.25) is 0 Å². The summed E-state index contributed by atoms with van der Waals surface area (Å²) in [5.74, 6) is -0.512. The molecule has 2 heterocycles. The summed E-state index contributed by atoms with van der Waals surface area (Å²) in [6, 6.07) is 6.32. The van der Waals surface area contributed by atoms with Gasteiger partial charge in [-0.1, -0.05) is 0 Å². The van der Waals surface area contributed by atoms with Gasteiger partial charge in [0, 0.05) is 25.3 Å². The van der Waals surface area contributed by atoms with Crippen LogP contribution < -0.4 is 10.6 Å². The van der Waals surface area contributed by atoms with Crippen LogP contribution in [0, 0.1) is 5.82 Å². The molecule has 1 aromatic heterocycles. The first-order valence-electron chi connectivity index (χ1n) is 8.14. The quantitative estimate of drug-likeness (QED) is 0.755. The van der Waals surface area contributed by atoms with Crippen molar-refractivity contribution in [3.05, 3.63) is 53.2 Å². The molecule has 3 rings (SSSR count). The molecule has 0 radical (unpaired) electrons. The summed E-state index contributed by atoms with van der Waals surface area (Å²) >= 11 is 0. The summed E-state index contributed by atoms with van der Waals surface area (Å²) in [7, 11) is 0. The maximum Gasteiger partial charge on any atom is 0.254 e. The number of aryl methyl sites for hydroxylation is 1. The van der Waals surface area contributed by atoms with Gasteiger partial charge in [0.1, 0.15) is 18.2 Å². The van der Waals surface area contributed by atoms with Crippen molar-refractivity contribution in [3.63, 3.8) is 0 Å². The first-order valence-corrected chi connectivity index (χ1v) is 8.14. The molecule has 132 valence electrons. The minimum Gasteiger partial charge on any atom is -0.467 e. The SMILES string of the molecule is O=C1CCc2cc(C(=O)NCCCOCc3ccco3)c(F)cc2N1. The maximum absolute atomic E-state index is 14.1. The van der Waals surface area contributed by atoms with Gasteiger partial charge < -0.3 is 19.8 Å². The molecule has 0 spiro atoms. The minimum atomic E-state index is -0.646. The molecule has 1 aromatic carbocycles. The number of fused-ring (bicyclic) bond motifs is 1. The fourth-order valence-corrected chi connectivity index (χ4v) is 2.62. The van der Waals surface area contributed by atoms with Gasteiger partial charge >= 0.3 is 0 Å². The zero-order valence-electron chi connectivity index (χ0n) is 13.6. The second kappa shape index (κ2) is 7.94. The van der Waals surface area contributed by atoms with Crippen molar-refractivity contribution < 1.29 is 23.1 Å². The van der Waals surface area contributed by atoms with E-state index in [9.17, 15) is 14.0 Å². The molecule has 0 aliphatic carbocycles. The Balaban J connectivity index is 1.46. The third-order valence-corrected chi connectivity index (χ3v) is 3.91. The number of furan rings is 1. The topological polar surface area (TPSA) is 80.6 Å². The van der Waals surface area contributed by atoms with Crippen LogP contribution in [0.5, 0.6) is 0 Å². The van der Waals surface area contributed by atoms with Crippen molar-refractivity contribution >= 4 is 17.5 Å². The molecule has 2 aromatic rings. The van der Waals surface area contributed by atoms with E-state index in [2.05, 4.69) is 10.6 Å². The first-order chi connectivity index (χ1) is 12.1. The molecule has 0 fully saturated rings. The summed E-state index contributed by atoms with van der Waals surface area (Å²) in [5.41, 5.74) is 1.20. The van der Waals surface area contributed by atoms with Gasteiger partial charge in [0.15, 0.2) is 0 Å². The highest BCUT2D eigenvalue weighted by Gasteiger charge is 2.20. The number of benzene rings is 1. The Morgan fingerprint density at radius 2 is 2.24 bits per heavy atom. The van der Waals surface area contributed by atoms with E-state index in [0.717, 1.165) is 11.3 Å². The number of halogens is 1. The first kappa shape index (κ1) is 17.2. The highest BCUT2D eigenvalue weighted by molar-refractivity contribution is 5.98. The van der Waals surface area contributed by atoms with Crippen molar-refractivity contribution in [2.24, 2.45) is 0 Å². The Bertz CT molecular complexity index is 759. The molecule has 25 heavy (non-hydrogen) atoms. The van der Waals surface area contributed by atoms with Gasteiger partial charge in [0.2, 0.25) is 5.91 Å². The van der Waals surface area contributed by atoms with Gasteiger partial charge in [0.25, 0.3) is 5.91 Å². The maximum atomic E-state index is 14.1. The van der Waals surface area contributed by atoms with Gasteiger partial charge in [-0.3, -0.25) is 9.59 Å². The van der Waals surface area contributed by atoms with Crippen LogP contribution >= 0.6 is 0 Å². The number of hydrogen-bond donors (Lipinski definition) is 2. The van der Waals surface area contributed by atoms with E-state index in [-0.39, 0.29) is 11.5 Å². The van der Waals surface area contributed by atoms with E-state index >= 15 is 0 Å². The summed E-state index contributed by atoms with van der Waals surface area (Å²) in [6.07, 6.45) is 3.03. The van der Waals surface area contributed by atoms with Gasteiger partial charge in [-0.25, -0.2) is 4.39 Å². The van der Waals surface area contributed by atoms with E-state index < -0.39 is 11.7 Å². The summed E-state index contributed by atoms with van der Waals surface area (Å²) < 4.78 is 24.6. The number of anilines is 1. The molecular formula is C18H19FN2O4. The second-order valence-electron chi connectivity index (χ2n) is 5.78. The van der Waals surface area contributed by atoms with Crippen LogP contribution in [0.3, 0.4) is 0 Å². The Morgan fingerprint density at radius 3 is 3.04 bits per heavy atom. The van der Waals surface area contributed by atoms with Crippen LogP contribution in [0.25, 0.3) is 0 Å². The van der Waals surface area contributed by atoms with Crippen molar-refractivity contribution in [3.8, 4) is 0 Å². The Kier molecular flexibility index (Phi) is 5.45. The van der Waals surface area contributed by atoms with Gasteiger partial charge in [-0.2, -0.15) is 0 Å². The monoisotopic (exact) mass is 346 g/mol. The zero-order chi connectivity index (χ0) is 17.6. The zero-order valence-corrected chi connectivity index (χ0v) is 13.6. The second-order valence-corrected chi connectivity index (χ2v) is 5.78. The number of hydrogen-bond acceptors (Lipinski definition) is 4. The average Bonchev–Trinajstić information content (AvgIpc) is 3.10. The van der Waals surface area contributed by atoms with Crippen LogP contribution in [0.4, 0.5) is 10.1 Å². The number of ether oxygens (including phenoxy) is 1. The van der Waals surface area contributed by atoms with E-state index in [4.69, 9.17) is 9.15 Å². The number of amides is 2. The van der Waals surface area contributed by atoms with E-state index in [0.29, 0.717) is 44.7 Å². The molecule has 0 saturated heterocycles. The van der Waals surface area contributed by atoms with Crippen molar-refractivity contribution in [2.75, 3.05) is 18.5 Å². The number of carbonyl (C=O) groups excluding carboxylic acids is 2. The fourth-order valence-electron chi connectivity index (χ4n) is 2.62. The number of rotatable bonds is 7.